The molecule has 2 N–H and O–H groups in total. The number of carboxylic acid groups (broad SMARTS) is 1. The second-order valence-corrected chi connectivity index (χ2v) is 6.16. The van der Waals surface area contributed by atoms with Crippen molar-refractivity contribution in [2.75, 3.05) is 0 Å². The minimum atomic E-state index is -1.03. The van der Waals surface area contributed by atoms with E-state index in [2.05, 4.69) is 10.1 Å². The Morgan fingerprint density at radius 1 is 1.31 bits per heavy atom. The lowest BCUT2D eigenvalue weighted by atomic mass is 10.1. The van der Waals surface area contributed by atoms with Crippen LogP contribution in [0, 0.1) is 5.41 Å². The summed E-state index contributed by atoms with van der Waals surface area (Å²) in [5.41, 5.74) is 2.31. The summed E-state index contributed by atoms with van der Waals surface area (Å²) in [4.78, 5) is 27.1. The molecule has 26 heavy (non-hydrogen) atoms. The molecule has 0 spiro atoms. The van der Waals surface area contributed by atoms with E-state index in [1.807, 2.05) is 0 Å². The molecule has 0 radical (unpaired) electrons. The normalized spacial score (nSPS) is 17.6. The molecule has 0 fully saturated rings. The highest BCUT2D eigenvalue weighted by Crippen LogP contribution is 2.27. The van der Waals surface area contributed by atoms with Gasteiger partial charge in [-0.2, -0.15) is 15.1 Å². The van der Waals surface area contributed by atoms with Crippen LogP contribution in [0.5, 0.6) is 0 Å². The third-order valence-electron chi connectivity index (χ3n) is 3.70. The van der Waals surface area contributed by atoms with Gasteiger partial charge >= 0.3 is 5.97 Å². The summed E-state index contributed by atoms with van der Waals surface area (Å²) in [6.07, 6.45) is 1.42. The van der Waals surface area contributed by atoms with Gasteiger partial charge in [-0.1, -0.05) is 12.1 Å². The number of nitrogens with one attached hydrogen (secondary N) is 1. The van der Waals surface area contributed by atoms with Crippen molar-refractivity contribution in [3.8, 4) is 11.3 Å². The fourth-order valence-electron chi connectivity index (χ4n) is 2.47. The Morgan fingerprint density at radius 2 is 2.15 bits per heavy atom. The number of thioether (sulfide) groups is 1. The first kappa shape index (κ1) is 16.0. The van der Waals surface area contributed by atoms with Crippen molar-refractivity contribution in [1.29, 1.82) is 5.41 Å². The predicted octanol–water partition coefficient (Wildman–Crippen LogP) is 2.89. The van der Waals surface area contributed by atoms with Crippen LogP contribution in [0.2, 0.25) is 0 Å². The summed E-state index contributed by atoms with van der Waals surface area (Å²) < 4.78 is 5.69. The SMILES string of the molecule is N=C1/C(=C\c2ccc(-c3cccc(C(=O)O)c3)o2)C(=O)N=C2SC=NN12. The van der Waals surface area contributed by atoms with Crippen molar-refractivity contribution in [3.05, 3.63) is 53.3 Å². The zero-order valence-corrected chi connectivity index (χ0v) is 13.9. The standard InChI is InChI=1S/C17H10N4O4S/c18-14-12(15(22)20-17-21(14)19-8-26-17)7-11-4-5-13(25-11)9-2-1-3-10(6-9)16(23)24/h1-8,18H,(H,23,24)/b12-7+,18-14?. The van der Waals surface area contributed by atoms with Crippen LogP contribution in [0.15, 0.2) is 56.5 Å². The number of hydrogen-bond acceptors (Lipinski definition) is 6. The Balaban J connectivity index is 1.67. The molecule has 0 saturated heterocycles. The number of nitrogens with zero attached hydrogens (tertiary/aromatic N) is 3. The fraction of sp³-hybridized carbons (Fsp3) is 0. The van der Waals surface area contributed by atoms with Crippen LogP contribution in [0.4, 0.5) is 0 Å². The number of furan rings is 1. The van der Waals surface area contributed by atoms with Crippen LogP contribution in [0.3, 0.4) is 0 Å². The van der Waals surface area contributed by atoms with Gasteiger partial charge < -0.3 is 9.52 Å². The summed E-state index contributed by atoms with van der Waals surface area (Å²) in [6.45, 7) is 0. The van der Waals surface area contributed by atoms with E-state index in [1.54, 1.807) is 24.3 Å². The molecule has 0 saturated carbocycles. The molecule has 128 valence electrons. The number of carbonyl (C=O) groups excluding carboxylic acids is 1. The maximum Gasteiger partial charge on any atom is 0.335 e. The fourth-order valence-corrected chi connectivity index (χ4v) is 3.08. The molecule has 9 heteroatoms. The third kappa shape index (κ3) is 2.74. The van der Waals surface area contributed by atoms with E-state index in [4.69, 9.17) is 14.9 Å². The number of carboxylic acids is 1. The van der Waals surface area contributed by atoms with E-state index >= 15 is 0 Å². The van der Waals surface area contributed by atoms with Crippen molar-refractivity contribution in [2.45, 2.75) is 0 Å². The summed E-state index contributed by atoms with van der Waals surface area (Å²) in [6, 6.07) is 9.64. The Morgan fingerprint density at radius 3 is 2.96 bits per heavy atom. The number of aliphatic imine (C=N–C) groups is 1. The number of rotatable bonds is 3. The van der Waals surface area contributed by atoms with Crippen LogP contribution in [-0.4, -0.2) is 38.5 Å². The van der Waals surface area contributed by atoms with Gasteiger partial charge in [0.2, 0.25) is 0 Å². The minimum Gasteiger partial charge on any atom is -0.478 e. The van der Waals surface area contributed by atoms with E-state index in [-0.39, 0.29) is 17.0 Å². The van der Waals surface area contributed by atoms with Crippen LogP contribution < -0.4 is 0 Å². The quantitative estimate of drug-likeness (QED) is 0.806. The molecule has 0 unspecified atom stereocenters. The highest BCUT2D eigenvalue weighted by atomic mass is 32.2. The van der Waals surface area contributed by atoms with Gasteiger partial charge in [-0.05, 0) is 42.1 Å². The summed E-state index contributed by atoms with van der Waals surface area (Å²) in [5.74, 6) is -0.839. The van der Waals surface area contributed by atoms with E-state index in [9.17, 15) is 9.59 Å². The Kier molecular flexibility index (Phi) is 3.77. The number of hydrazone groups is 1. The molecule has 3 heterocycles. The largest absolute Gasteiger partial charge is 0.478 e. The van der Waals surface area contributed by atoms with Crippen molar-refractivity contribution >= 4 is 46.3 Å². The first-order valence-electron chi connectivity index (χ1n) is 7.39. The maximum atomic E-state index is 12.1. The molecule has 0 bridgehead atoms. The second-order valence-electron chi connectivity index (χ2n) is 5.34. The number of benzene rings is 1. The number of aromatic carboxylic acids is 1. The smallest absolute Gasteiger partial charge is 0.335 e. The molecule has 1 aromatic heterocycles. The van der Waals surface area contributed by atoms with Crippen LogP contribution in [0.25, 0.3) is 17.4 Å². The summed E-state index contributed by atoms with van der Waals surface area (Å²) in [5, 5.41) is 22.8. The number of carbonyl (C=O) groups is 2. The van der Waals surface area contributed by atoms with E-state index in [1.165, 1.54) is 40.5 Å². The Bertz CT molecular complexity index is 1050. The van der Waals surface area contributed by atoms with Gasteiger partial charge in [-0.15, -0.1) is 0 Å². The Labute approximate surface area is 151 Å². The lowest BCUT2D eigenvalue weighted by Crippen LogP contribution is -2.35. The van der Waals surface area contributed by atoms with Crippen molar-refractivity contribution < 1.29 is 19.1 Å². The second kappa shape index (κ2) is 6.12. The highest BCUT2D eigenvalue weighted by molar-refractivity contribution is 8.25. The molecule has 1 aromatic carbocycles. The van der Waals surface area contributed by atoms with E-state index < -0.39 is 11.9 Å². The topological polar surface area (TPSA) is 119 Å². The Hall–Kier alpha value is -3.46. The number of amidine groups is 2. The zero-order valence-electron chi connectivity index (χ0n) is 13.0. The average Bonchev–Trinajstić information content (AvgIpc) is 3.28. The van der Waals surface area contributed by atoms with Crippen molar-refractivity contribution in [1.82, 2.24) is 5.01 Å². The number of hydrogen-bond donors (Lipinski definition) is 2. The number of fused-ring (bicyclic) bond motifs is 1. The van der Waals surface area contributed by atoms with Gasteiger partial charge in [-0.25, -0.2) is 4.79 Å². The summed E-state index contributed by atoms with van der Waals surface area (Å²) >= 11 is 1.17. The first-order valence-corrected chi connectivity index (χ1v) is 8.27. The van der Waals surface area contributed by atoms with Crippen LogP contribution >= 0.6 is 11.8 Å². The van der Waals surface area contributed by atoms with Gasteiger partial charge in [0.25, 0.3) is 5.91 Å². The van der Waals surface area contributed by atoms with Crippen molar-refractivity contribution in [2.24, 2.45) is 10.1 Å². The first-order chi connectivity index (χ1) is 12.5. The molecule has 8 nitrogen and oxygen atoms in total. The van der Waals surface area contributed by atoms with Gasteiger partial charge in [0.15, 0.2) is 11.0 Å². The lowest BCUT2D eigenvalue weighted by molar-refractivity contribution is -0.114. The molecule has 2 aliphatic rings. The van der Waals surface area contributed by atoms with Crippen LogP contribution in [-0.2, 0) is 4.79 Å². The molecule has 1 amide bonds. The minimum absolute atomic E-state index is 0.0635. The van der Waals surface area contributed by atoms with E-state index in [0.717, 1.165) is 0 Å². The van der Waals surface area contributed by atoms with Gasteiger partial charge in [0.1, 0.15) is 11.5 Å². The third-order valence-corrected chi connectivity index (χ3v) is 4.38. The maximum absolute atomic E-state index is 12.1. The monoisotopic (exact) mass is 366 g/mol. The summed E-state index contributed by atoms with van der Waals surface area (Å²) in [7, 11) is 0. The lowest BCUT2D eigenvalue weighted by Gasteiger charge is -2.19. The van der Waals surface area contributed by atoms with Crippen molar-refractivity contribution in [3.63, 3.8) is 0 Å². The van der Waals surface area contributed by atoms with Gasteiger partial charge in [-0.3, -0.25) is 10.2 Å². The molecular formula is C17H10N4O4S. The molecule has 0 aliphatic carbocycles. The average molecular weight is 366 g/mol. The van der Waals surface area contributed by atoms with Gasteiger partial charge in [0, 0.05) is 5.56 Å². The zero-order chi connectivity index (χ0) is 18.3. The molecule has 4 rings (SSSR count). The molecule has 2 aromatic rings. The predicted molar refractivity (Wildman–Crippen MR) is 97.2 cm³/mol. The van der Waals surface area contributed by atoms with E-state index in [0.29, 0.717) is 22.3 Å². The highest BCUT2D eigenvalue weighted by Gasteiger charge is 2.32. The molecule has 0 atom stereocenters. The number of amides is 1. The molecular weight excluding hydrogens is 356 g/mol. The van der Waals surface area contributed by atoms with Gasteiger partial charge in [0.05, 0.1) is 16.7 Å². The van der Waals surface area contributed by atoms with Crippen LogP contribution in [0.1, 0.15) is 16.1 Å². The molecule has 2 aliphatic heterocycles.